The second-order valence-electron chi connectivity index (χ2n) is 11.5. The van der Waals surface area contributed by atoms with Crippen molar-refractivity contribution in [1.29, 1.82) is 0 Å². The van der Waals surface area contributed by atoms with Crippen LogP contribution in [0.2, 0.25) is 0 Å². The van der Waals surface area contributed by atoms with Crippen molar-refractivity contribution in [2.45, 2.75) is 45.8 Å². The van der Waals surface area contributed by atoms with Crippen LogP contribution in [0.1, 0.15) is 59.9 Å². The molecule has 9 nitrogen and oxygen atoms in total. The topological polar surface area (TPSA) is 113 Å². The molecule has 3 heterocycles. The molecule has 0 bridgehead atoms. The Morgan fingerprint density at radius 1 is 0.955 bits per heavy atom. The van der Waals surface area contributed by atoms with Crippen molar-refractivity contribution < 1.29 is 33.8 Å². The van der Waals surface area contributed by atoms with E-state index in [1.807, 2.05) is 54.4 Å². The van der Waals surface area contributed by atoms with Crippen molar-refractivity contribution in [2.24, 2.45) is 0 Å². The maximum absolute atomic E-state index is 13.3. The second-order valence-corrected chi connectivity index (χ2v) is 11.5. The molecule has 2 amide bonds. The molecule has 224 valence electrons. The van der Waals surface area contributed by atoms with E-state index in [1.54, 1.807) is 12.1 Å². The largest absolute Gasteiger partial charge is 0.508 e. The first-order valence-corrected chi connectivity index (χ1v) is 14.7. The molecular formula is C35H32N2O7. The number of fused-ring (bicyclic) bond motifs is 1. The fraction of sp³-hybridized carbons (Fsp3) is 0.257. The molecule has 0 radical (unpaired) electrons. The van der Waals surface area contributed by atoms with Gasteiger partial charge in [0.1, 0.15) is 11.3 Å². The van der Waals surface area contributed by atoms with E-state index in [-0.39, 0.29) is 23.1 Å². The van der Waals surface area contributed by atoms with Gasteiger partial charge in [-0.25, -0.2) is 9.59 Å². The first-order chi connectivity index (χ1) is 21.1. The van der Waals surface area contributed by atoms with Crippen LogP contribution in [0.4, 0.5) is 5.69 Å². The summed E-state index contributed by atoms with van der Waals surface area (Å²) in [7, 11) is 0. The maximum atomic E-state index is 13.3. The lowest BCUT2D eigenvalue weighted by Gasteiger charge is -2.29. The Balaban J connectivity index is 1.24. The third kappa shape index (κ3) is 5.15. The number of ether oxygens (including phenoxy) is 2. The molecule has 0 unspecified atom stereocenters. The summed E-state index contributed by atoms with van der Waals surface area (Å²) in [6.45, 7) is 6.07. The Kier molecular flexibility index (Phi) is 7.33. The fourth-order valence-electron chi connectivity index (χ4n) is 5.89. The van der Waals surface area contributed by atoms with E-state index in [0.29, 0.717) is 23.1 Å². The van der Waals surface area contributed by atoms with E-state index < -0.39 is 17.7 Å². The van der Waals surface area contributed by atoms with Crippen molar-refractivity contribution in [1.82, 2.24) is 4.90 Å². The number of amides is 2. The molecule has 6 rings (SSSR count). The van der Waals surface area contributed by atoms with E-state index in [1.165, 1.54) is 24.8 Å². The first kappa shape index (κ1) is 28.9. The van der Waals surface area contributed by atoms with Gasteiger partial charge < -0.3 is 19.5 Å². The van der Waals surface area contributed by atoms with Gasteiger partial charge in [0, 0.05) is 61.4 Å². The SMILES string of the molecule is CCCCN1C(=O)c2cccc3c(-c4ccc5c(c4)CCN5/C=C/C=C(\O)C=C4C(=O)OC(C)(C)OC4=O)ccc(c23)C1=O. The van der Waals surface area contributed by atoms with Crippen LogP contribution in [0.3, 0.4) is 0 Å². The summed E-state index contributed by atoms with van der Waals surface area (Å²) in [5.41, 5.74) is 4.82. The number of aliphatic hydroxyl groups is 1. The van der Waals surface area contributed by atoms with Crippen LogP contribution in [0, 0.1) is 0 Å². The summed E-state index contributed by atoms with van der Waals surface area (Å²) in [5.74, 6) is -3.85. The number of carbonyl (C=O) groups excluding carboxylic acids is 4. The number of unbranched alkanes of at least 4 members (excludes halogenated alkanes) is 1. The number of carbonyl (C=O) groups is 4. The highest BCUT2D eigenvalue weighted by Crippen LogP contribution is 2.39. The lowest BCUT2D eigenvalue weighted by molar-refractivity contribution is -0.222. The van der Waals surface area contributed by atoms with E-state index in [0.717, 1.165) is 59.6 Å². The Morgan fingerprint density at radius 2 is 1.66 bits per heavy atom. The van der Waals surface area contributed by atoms with Gasteiger partial charge in [-0.1, -0.05) is 37.6 Å². The second kappa shape index (κ2) is 11.1. The van der Waals surface area contributed by atoms with Gasteiger partial charge in [-0.3, -0.25) is 14.5 Å². The molecule has 3 aliphatic rings. The Hall–Kier alpha value is -5.18. The minimum atomic E-state index is -1.35. The third-order valence-corrected chi connectivity index (χ3v) is 7.99. The zero-order chi connectivity index (χ0) is 31.2. The number of esters is 2. The summed E-state index contributed by atoms with van der Waals surface area (Å²) in [4.78, 5) is 54.2. The van der Waals surface area contributed by atoms with Gasteiger partial charge in [0.05, 0.1) is 0 Å². The summed E-state index contributed by atoms with van der Waals surface area (Å²) in [6, 6.07) is 15.6. The predicted octanol–water partition coefficient (Wildman–Crippen LogP) is 5.98. The minimum Gasteiger partial charge on any atom is -0.508 e. The molecule has 3 aromatic carbocycles. The summed E-state index contributed by atoms with van der Waals surface area (Å²) < 4.78 is 10.1. The highest BCUT2D eigenvalue weighted by molar-refractivity contribution is 6.27. The van der Waals surface area contributed by atoms with Crippen molar-refractivity contribution in [3.8, 4) is 11.1 Å². The number of rotatable bonds is 7. The molecule has 1 fully saturated rings. The van der Waals surface area contributed by atoms with Crippen LogP contribution in [-0.4, -0.2) is 52.6 Å². The zero-order valence-electron chi connectivity index (χ0n) is 24.8. The Bertz CT molecular complexity index is 1790. The van der Waals surface area contributed by atoms with Gasteiger partial charge in [0.2, 0.25) is 0 Å². The minimum absolute atomic E-state index is 0.242. The van der Waals surface area contributed by atoms with Gasteiger partial charge in [-0.15, -0.1) is 0 Å². The summed E-state index contributed by atoms with van der Waals surface area (Å²) >= 11 is 0. The average Bonchev–Trinajstić information content (AvgIpc) is 3.39. The van der Waals surface area contributed by atoms with Crippen molar-refractivity contribution in [2.75, 3.05) is 18.0 Å². The molecule has 0 aromatic heterocycles. The molecule has 1 N–H and O–H groups in total. The van der Waals surface area contributed by atoms with E-state index in [4.69, 9.17) is 9.47 Å². The van der Waals surface area contributed by atoms with Gasteiger partial charge in [0.15, 0.2) is 0 Å². The van der Waals surface area contributed by atoms with Crippen LogP contribution in [0.5, 0.6) is 0 Å². The fourth-order valence-corrected chi connectivity index (χ4v) is 5.89. The highest BCUT2D eigenvalue weighted by Gasteiger charge is 2.39. The number of aliphatic hydroxyl groups excluding tert-OH is 1. The summed E-state index contributed by atoms with van der Waals surface area (Å²) in [5, 5.41) is 11.9. The normalized spacial score (nSPS) is 17.8. The van der Waals surface area contributed by atoms with Crippen molar-refractivity contribution in [3.05, 3.63) is 101 Å². The van der Waals surface area contributed by atoms with Crippen LogP contribution in [-0.2, 0) is 25.5 Å². The zero-order valence-corrected chi connectivity index (χ0v) is 24.8. The third-order valence-electron chi connectivity index (χ3n) is 7.99. The quantitative estimate of drug-likeness (QED) is 0.0890. The van der Waals surface area contributed by atoms with Gasteiger partial charge in [0.25, 0.3) is 17.6 Å². The number of nitrogens with zero attached hydrogens (tertiary/aromatic N) is 2. The molecule has 0 aliphatic carbocycles. The Morgan fingerprint density at radius 3 is 2.39 bits per heavy atom. The maximum Gasteiger partial charge on any atom is 0.348 e. The van der Waals surface area contributed by atoms with Gasteiger partial charge in [-0.2, -0.15) is 0 Å². The summed E-state index contributed by atoms with van der Waals surface area (Å²) in [6.07, 6.45) is 8.30. The molecule has 0 atom stereocenters. The molecule has 0 saturated carbocycles. The van der Waals surface area contributed by atoms with Crippen LogP contribution < -0.4 is 4.90 Å². The number of hydrogen-bond acceptors (Lipinski definition) is 8. The highest BCUT2D eigenvalue weighted by atomic mass is 16.7. The molecule has 9 heteroatoms. The molecule has 3 aliphatic heterocycles. The van der Waals surface area contributed by atoms with Crippen LogP contribution in [0.15, 0.2) is 84.3 Å². The Labute approximate surface area is 254 Å². The number of benzene rings is 3. The number of anilines is 1. The number of allylic oxidation sites excluding steroid dienone is 3. The molecule has 1 saturated heterocycles. The predicted molar refractivity (Wildman–Crippen MR) is 165 cm³/mol. The van der Waals surface area contributed by atoms with Crippen molar-refractivity contribution in [3.63, 3.8) is 0 Å². The van der Waals surface area contributed by atoms with Gasteiger partial charge in [-0.05, 0) is 71.3 Å². The smallest absolute Gasteiger partial charge is 0.348 e. The van der Waals surface area contributed by atoms with E-state index >= 15 is 0 Å². The molecule has 44 heavy (non-hydrogen) atoms. The number of cyclic esters (lactones) is 2. The van der Waals surface area contributed by atoms with Crippen LogP contribution in [0.25, 0.3) is 21.9 Å². The number of imide groups is 1. The van der Waals surface area contributed by atoms with E-state index in [2.05, 4.69) is 6.07 Å². The molecule has 0 spiro atoms. The standard InChI is InChI=1S/C35H32N2O7/c1-4-5-17-37-31(39)26-10-6-9-25-24(12-13-27(30(25)26)32(37)40)21-11-14-29-22(19-21)15-18-36(29)16-7-8-23(38)20-28-33(41)43-35(2,3)44-34(28)42/h6-14,16,19-20,38H,4-5,15,17-18H2,1-3H3/b16-7+,23-8-. The first-order valence-electron chi connectivity index (χ1n) is 14.7. The van der Waals surface area contributed by atoms with Crippen molar-refractivity contribution >= 4 is 40.2 Å². The number of hydrogen-bond donors (Lipinski definition) is 1. The monoisotopic (exact) mass is 592 g/mol. The molecular weight excluding hydrogens is 560 g/mol. The van der Waals surface area contributed by atoms with Gasteiger partial charge >= 0.3 is 11.9 Å². The average molecular weight is 593 g/mol. The molecule has 3 aromatic rings. The van der Waals surface area contributed by atoms with Crippen LogP contribution >= 0.6 is 0 Å². The lowest BCUT2D eigenvalue weighted by Crippen LogP contribution is -2.41. The van der Waals surface area contributed by atoms with E-state index in [9.17, 15) is 24.3 Å². The lowest BCUT2D eigenvalue weighted by atomic mass is 9.88.